The Balaban J connectivity index is 1.44. The number of carbonyl (C=O) groups is 1. The molecule has 0 saturated heterocycles. The molecule has 2 aromatic carbocycles. The lowest BCUT2D eigenvalue weighted by Gasteiger charge is -2.12. The van der Waals surface area contributed by atoms with Crippen LogP contribution in [0.25, 0.3) is 5.69 Å². The molecule has 7 nitrogen and oxygen atoms in total. The summed E-state index contributed by atoms with van der Waals surface area (Å²) in [6.07, 6.45) is 5.52. The molecule has 0 unspecified atom stereocenters. The second-order valence-corrected chi connectivity index (χ2v) is 9.68. The van der Waals surface area contributed by atoms with E-state index >= 15 is 0 Å². The Morgan fingerprint density at radius 2 is 1.78 bits per heavy atom. The van der Waals surface area contributed by atoms with Crippen LogP contribution >= 0.6 is 34.4 Å². The molecule has 1 aromatic heterocycles. The Morgan fingerprint density at radius 3 is 2.53 bits per heavy atom. The second kappa shape index (κ2) is 11.5. The van der Waals surface area contributed by atoms with Gasteiger partial charge in [0.1, 0.15) is 0 Å². The number of hydrazone groups is 1. The van der Waals surface area contributed by atoms with Gasteiger partial charge in [0, 0.05) is 20.7 Å². The molecule has 3 aromatic rings. The number of carbonyl (C=O) groups excluding carboxylic acids is 1. The SMILES string of the molecule is O=C(CSc1nnc(CNc2ccc(I)cc2)n1-c1ccccc1)NN=C1CCCCC1. The molecule has 1 saturated carbocycles. The molecule has 1 fully saturated rings. The number of anilines is 1. The fourth-order valence-corrected chi connectivity index (χ4v) is 4.59. The van der Waals surface area contributed by atoms with Crippen molar-refractivity contribution in [2.75, 3.05) is 11.1 Å². The standard InChI is InChI=1S/C23H25IN6OS/c24-17-11-13-18(14-12-17)25-15-21-27-29-23(30(21)20-9-5-2-6-10-20)32-16-22(31)28-26-19-7-3-1-4-8-19/h2,5-6,9-14,25H,1,3-4,7-8,15-16H2,(H,28,31). The van der Waals surface area contributed by atoms with Gasteiger partial charge in [-0.2, -0.15) is 5.10 Å². The van der Waals surface area contributed by atoms with Gasteiger partial charge in [-0.05, 0) is 84.7 Å². The van der Waals surface area contributed by atoms with Gasteiger partial charge in [-0.1, -0.05) is 36.4 Å². The molecule has 0 bridgehead atoms. The van der Waals surface area contributed by atoms with Crippen LogP contribution in [-0.4, -0.2) is 32.1 Å². The Labute approximate surface area is 205 Å². The van der Waals surface area contributed by atoms with Crippen molar-refractivity contribution in [3.63, 3.8) is 0 Å². The highest BCUT2D eigenvalue weighted by Crippen LogP contribution is 2.23. The number of aromatic nitrogens is 3. The van der Waals surface area contributed by atoms with E-state index in [1.165, 1.54) is 21.8 Å². The van der Waals surface area contributed by atoms with E-state index < -0.39 is 0 Å². The van der Waals surface area contributed by atoms with Crippen LogP contribution in [0.4, 0.5) is 5.69 Å². The first-order chi connectivity index (χ1) is 15.7. The van der Waals surface area contributed by atoms with Crippen molar-refractivity contribution in [1.82, 2.24) is 20.2 Å². The Kier molecular flexibility index (Phi) is 8.16. The third-order valence-electron chi connectivity index (χ3n) is 5.11. The minimum atomic E-state index is -0.130. The zero-order chi connectivity index (χ0) is 22.2. The molecule has 2 N–H and O–H groups in total. The molecule has 0 atom stereocenters. The van der Waals surface area contributed by atoms with Gasteiger partial charge in [0.2, 0.25) is 0 Å². The average molecular weight is 560 g/mol. The van der Waals surface area contributed by atoms with E-state index in [0.29, 0.717) is 11.7 Å². The van der Waals surface area contributed by atoms with Gasteiger partial charge >= 0.3 is 0 Å². The fraction of sp³-hybridized carbons (Fsp3) is 0.304. The molecule has 1 aliphatic rings. The van der Waals surface area contributed by atoms with Crippen molar-refractivity contribution in [1.29, 1.82) is 0 Å². The molecule has 1 heterocycles. The number of nitrogens with one attached hydrogen (secondary N) is 2. The number of hydrogen-bond acceptors (Lipinski definition) is 6. The van der Waals surface area contributed by atoms with Crippen LogP contribution in [0, 0.1) is 3.57 Å². The number of rotatable bonds is 8. The van der Waals surface area contributed by atoms with E-state index in [9.17, 15) is 4.79 Å². The number of para-hydroxylation sites is 1. The Morgan fingerprint density at radius 1 is 1.03 bits per heavy atom. The van der Waals surface area contributed by atoms with Gasteiger partial charge in [-0.3, -0.25) is 9.36 Å². The second-order valence-electron chi connectivity index (χ2n) is 7.49. The van der Waals surface area contributed by atoms with Crippen molar-refractivity contribution < 1.29 is 4.79 Å². The van der Waals surface area contributed by atoms with Crippen molar-refractivity contribution in [3.05, 3.63) is 64.0 Å². The predicted molar refractivity (Wildman–Crippen MR) is 137 cm³/mol. The molecule has 166 valence electrons. The number of hydrogen-bond donors (Lipinski definition) is 2. The number of amides is 1. The molecule has 0 aliphatic heterocycles. The highest BCUT2D eigenvalue weighted by molar-refractivity contribution is 14.1. The predicted octanol–water partition coefficient (Wildman–Crippen LogP) is 5.01. The smallest absolute Gasteiger partial charge is 0.250 e. The summed E-state index contributed by atoms with van der Waals surface area (Å²) in [4.78, 5) is 12.3. The summed E-state index contributed by atoms with van der Waals surface area (Å²) in [6, 6.07) is 18.1. The van der Waals surface area contributed by atoms with Gasteiger partial charge in [0.05, 0.1) is 12.3 Å². The third-order valence-corrected chi connectivity index (χ3v) is 6.76. The normalized spacial score (nSPS) is 13.6. The van der Waals surface area contributed by atoms with Crippen molar-refractivity contribution in [3.8, 4) is 5.69 Å². The van der Waals surface area contributed by atoms with Crippen LogP contribution in [0.5, 0.6) is 0 Å². The van der Waals surface area contributed by atoms with Gasteiger partial charge in [-0.25, -0.2) is 5.43 Å². The first kappa shape index (κ1) is 22.8. The highest BCUT2D eigenvalue weighted by Gasteiger charge is 2.16. The van der Waals surface area contributed by atoms with Crippen LogP contribution in [0.3, 0.4) is 0 Å². The number of halogens is 1. The van der Waals surface area contributed by atoms with Crippen molar-refractivity contribution in [2.24, 2.45) is 5.10 Å². The quantitative estimate of drug-likeness (QED) is 0.230. The molecule has 0 spiro atoms. The summed E-state index contributed by atoms with van der Waals surface area (Å²) in [5.41, 5.74) is 5.76. The van der Waals surface area contributed by atoms with E-state index in [2.05, 4.69) is 60.8 Å². The van der Waals surface area contributed by atoms with E-state index in [0.717, 1.165) is 48.6 Å². The number of thioether (sulfide) groups is 1. The molecule has 0 radical (unpaired) electrons. The van der Waals surface area contributed by atoms with Crippen molar-refractivity contribution >= 4 is 51.7 Å². The first-order valence-corrected chi connectivity index (χ1v) is 12.7. The maximum Gasteiger partial charge on any atom is 0.250 e. The molecule has 4 rings (SSSR count). The summed E-state index contributed by atoms with van der Waals surface area (Å²) < 4.78 is 3.18. The Hall–Kier alpha value is -2.40. The zero-order valence-electron chi connectivity index (χ0n) is 17.6. The zero-order valence-corrected chi connectivity index (χ0v) is 20.6. The number of nitrogens with zero attached hydrogens (tertiary/aromatic N) is 4. The highest BCUT2D eigenvalue weighted by atomic mass is 127. The summed E-state index contributed by atoms with van der Waals surface area (Å²) in [5, 5.41) is 17.1. The molecule has 32 heavy (non-hydrogen) atoms. The molecule has 1 amide bonds. The van der Waals surface area contributed by atoms with Crippen LogP contribution in [-0.2, 0) is 11.3 Å². The molecule has 1 aliphatic carbocycles. The first-order valence-electron chi connectivity index (χ1n) is 10.7. The fourth-order valence-electron chi connectivity index (χ4n) is 3.47. The average Bonchev–Trinajstić information content (AvgIpc) is 3.25. The maximum absolute atomic E-state index is 12.3. The van der Waals surface area contributed by atoms with Crippen LogP contribution < -0.4 is 10.7 Å². The largest absolute Gasteiger partial charge is 0.378 e. The molecular weight excluding hydrogens is 535 g/mol. The maximum atomic E-state index is 12.3. The third kappa shape index (κ3) is 6.32. The lowest BCUT2D eigenvalue weighted by Crippen LogP contribution is -2.22. The van der Waals surface area contributed by atoms with E-state index in [1.54, 1.807) is 0 Å². The minimum Gasteiger partial charge on any atom is -0.378 e. The lowest BCUT2D eigenvalue weighted by molar-refractivity contribution is -0.118. The van der Waals surface area contributed by atoms with Gasteiger partial charge in [0.25, 0.3) is 5.91 Å². The van der Waals surface area contributed by atoms with Crippen LogP contribution in [0.2, 0.25) is 0 Å². The van der Waals surface area contributed by atoms with Gasteiger partial charge < -0.3 is 5.32 Å². The Bertz CT molecular complexity index is 1060. The summed E-state index contributed by atoms with van der Waals surface area (Å²) in [6.45, 7) is 0.517. The molecule has 9 heteroatoms. The molecular formula is C23H25IN6OS. The van der Waals surface area contributed by atoms with Crippen molar-refractivity contribution in [2.45, 2.75) is 43.8 Å². The van der Waals surface area contributed by atoms with Gasteiger partial charge in [0.15, 0.2) is 11.0 Å². The van der Waals surface area contributed by atoms with E-state index in [1.807, 2.05) is 47.0 Å². The van der Waals surface area contributed by atoms with Crippen LogP contribution in [0.1, 0.15) is 37.9 Å². The number of benzene rings is 2. The van der Waals surface area contributed by atoms with Crippen LogP contribution in [0.15, 0.2) is 64.9 Å². The topological polar surface area (TPSA) is 84.2 Å². The van der Waals surface area contributed by atoms with E-state index in [4.69, 9.17) is 0 Å². The lowest BCUT2D eigenvalue weighted by atomic mass is 9.99. The summed E-state index contributed by atoms with van der Waals surface area (Å²) >= 11 is 3.65. The summed E-state index contributed by atoms with van der Waals surface area (Å²) in [5.74, 6) is 0.876. The monoisotopic (exact) mass is 560 g/mol. The van der Waals surface area contributed by atoms with Gasteiger partial charge in [-0.15, -0.1) is 10.2 Å². The van der Waals surface area contributed by atoms with E-state index in [-0.39, 0.29) is 11.7 Å². The summed E-state index contributed by atoms with van der Waals surface area (Å²) in [7, 11) is 0. The minimum absolute atomic E-state index is 0.130.